The van der Waals surface area contributed by atoms with Crippen LogP contribution in [0, 0.1) is 5.92 Å². The Kier molecular flexibility index (Phi) is 2.54. The highest BCUT2D eigenvalue weighted by molar-refractivity contribution is 6.01. The van der Waals surface area contributed by atoms with Gasteiger partial charge in [-0.25, -0.2) is 9.97 Å². The predicted octanol–water partition coefficient (Wildman–Crippen LogP) is -0.921. The van der Waals surface area contributed by atoms with Crippen LogP contribution in [0.5, 0.6) is 0 Å². The SMILES string of the molecule is Nc1ncnc(N2CC(C(=O)O)CC2=O)c1N. The number of carboxylic acids is 1. The standard InChI is InChI=1S/C9H11N5O3/c10-6-7(11)12-3-13-8(6)14-2-4(9(16)17)1-5(14)15/h3-4H,1-2,10H2,(H,16,17)(H2,11,12,13). The molecular weight excluding hydrogens is 226 g/mol. The molecule has 2 rings (SSSR count). The average Bonchev–Trinajstić information content (AvgIpc) is 2.65. The van der Waals surface area contributed by atoms with Gasteiger partial charge in [-0.15, -0.1) is 0 Å². The topological polar surface area (TPSA) is 135 Å². The van der Waals surface area contributed by atoms with Gasteiger partial charge >= 0.3 is 5.97 Å². The van der Waals surface area contributed by atoms with E-state index < -0.39 is 11.9 Å². The molecule has 1 atom stereocenters. The quantitative estimate of drug-likeness (QED) is 0.605. The summed E-state index contributed by atoms with van der Waals surface area (Å²) in [5.74, 6) is -1.84. The van der Waals surface area contributed by atoms with E-state index in [0.717, 1.165) is 0 Å². The summed E-state index contributed by atoms with van der Waals surface area (Å²) in [7, 11) is 0. The first kappa shape index (κ1) is 11.1. The number of carboxylic acid groups (broad SMARTS) is 1. The molecular formula is C9H11N5O3. The van der Waals surface area contributed by atoms with E-state index in [0.29, 0.717) is 0 Å². The van der Waals surface area contributed by atoms with Crippen molar-refractivity contribution < 1.29 is 14.7 Å². The summed E-state index contributed by atoms with van der Waals surface area (Å²) in [5, 5.41) is 8.85. The van der Waals surface area contributed by atoms with Gasteiger partial charge in [0.15, 0.2) is 11.6 Å². The lowest BCUT2D eigenvalue weighted by atomic mass is 10.1. The molecule has 90 valence electrons. The summed E-state index contributed by atoms with van der Waals surface area (Å²) in [4.78, 5) is 31.2. The molecule has 1 aliphatic rings. The molecule has 2 heterocycles. The van der Waals surface area contributed by atoms with Crippen LogP contribution in [0.2, 0.25) is 0 Å². The van der Waals surface area contributed by atoms with Crippen LogP contribution in [0.4, 0.5) is 17.3 Å². The van der Waals surface area contributed by atoms with E-state index in [2.05, 4.69) is 9.97 Å². The molecule has 5 N–H and O–H groups in total. The molecule has 1 fully saturated rings. The zero-order valence-electron chi connectivity index (χ0n) is 8.83. The highest BCUT2D eigenvalue weighted by Gasteiger charge is 2.36. The van der Waals surface area contributed by atoms with Crippen molar-refractivity contribution in [2.24, 2.45) is 5.92 Å². The van der Waals surface area contributed by atoms with Gasteiger partial charge in [0.05, 0.1) is 5.92 Å². The Morgan fingerprint density at radius 2 is 2.18 bits per heavy atom. The van der Waals surface area contributed by atoms with Gasteiger partial charge in [-0.1, -0.05) is 0 Å². The largest absolute Gasteiger partial charge is 0.481 e. The van der Waals surface area contributed by atoms with E-state index in [1.165, 1.54) is 11.2 Å². The number of nitrogens with zero attached hydrogens (tertiary/aromatic N) is 3. The molecule has 1 aromatic rings. The second kappa shape index (κ2) is 3.89. The minimum absolute atomic E-state index is 0.0504. The van der Waals surface area contributed by atoms with E-state index in [9.17, 15) is 9.59 Å². The Bertz CT molecular complexity index is 490. The molecule has 1 aromatic heterocycles. The molecule has 0 aromatic carbocycles. The van der Waals surface area contributed by atoms with Crippen LogP contribution in [0.3, 0.4) is 0 Å². The number of hydrogen-bond acceptors (Lipinski definition) is 6. The summed E-state index contributed by atoms with van der Waals surface area (Å²) in [6, 6.07) is 0. The van der Waals surface area contributed by atoms with Crippen molar-refractivity contribution in [3.8, 4) is 0 Å². The molecule has 1 amide bonds. The van der Waals surface area contributed by atoms with E-state index in [4.69, 9.17) is 16.6 Å². The maximum Gasteiger partial charge on any atom is 0.308 e. The van der Waals surface area contributed by atoms with Gasteiger partial charge in [-0.2, -0.15) is 0 Å². The predicted molar refractivity (Wildman–Crippen MR) is 59.0 cm³/mol. The molecule has 0 radical (unpaired) electrons. The fourth-order valence-electron chi connectivity index (χ4n) is 1.69. The van der Waals surface area contributed by atoms with Crippen LogP contribution in [0.25, 0.3) is 0 Å². The van der Waals surface area contributed by atoms with Crippen LogP contribution in [-0.4, -0.2) is 33.5 Å². The van der Waals surface area contributed by atoms with Crippen molar-refractivity contribution in [2.75, 3.05) is 22.9 Å². The van der Waals surface area contributed by atoms with Gasteiger partial charge in [0.1, 0.15) is 12.0 Å². The number of carbonyl (C=O) groups is 2. The van der Waals surface area contributed by atoms with Crippen molar-refractivity contribution in [3.05, 3.63) is 6.33 Å². The van der Waals surface area contributed by atoms with E-state index in [-0.39, 0.29) is 36.2 Å². The molecule has 1 aliphatic heterocycles. The highest BCUT2D eigenvalue weighted by atomic mass is 16.4. The first-order valence-corrected chi connectivity index (χ1v) is 4.89. The lowest BCUT2D eigenvalue weighted by Gasteiger charge is -2.16. The lowest BCUT2D eigenvalue weighted by Crippen LogP contribution is -2.28. The molecule has 8 nitrogen and oxygen atoms in total. The molecule has 0 spiro atoms. The Morgan fingerprint density at radius 3 is 2.76 bits per heavy atom. The zero-order valence-corrected chi connectivity index (χ0v) is 8.83. The van der Waals surface area contributed by atoms with Crippen molar-refractivity contribution >= 4 is 29.2 Å². The van der Waals surface area contributed by atoms with Gasteiger partial charge in [-0.3, -0.25) is 14.5 Å². The molecule has 17 heavy (non-hydrogen) atoms. The number of carbonyl (C=O) groups excluding carboxylic acids is 1. The number of nitrogen functional groups attached to an aromatic ring is 2. The normalized spacial score (nSPS) is 19.6. The van der Waals surface area contributed by atoms with Crippen molar-refractivity contribution in [1.82, 2.24) is 9.97 Å². The smallest absolute Gasteiger partial charge is 0.308 e. The van der Waals surface area contributed by atoms with Gasteiger partial charge in [-0.05, 0) is 0 Å². The molecule has 0 aliphatic carbocycles. The summed E-state index contributed by atoms with van der Waals surface area (Å²) in [6.07, 6.45) is 1.13. The number of aromatic nitrogens is 2. The maximum atomic E-state index is 11.7. The van der Waals surface area contributed by atoms with E-state index in [1.54, 1.807) is 0 Å². The Hall–Kier alpha value is -2.38. The summed E-state index contributed by atoms with van der Waals surface area (Å²) in [5.41, 5.74) is 11.2. The number of aliphatic carboxylic acids is 1. The monoisotopic (exact) mass is 237 g/mol. The highest BCUT2D eigenvalue weighted by Crippen LogP contribution is 2.29. The number of amides is 1. The van der Waals surface area contributed by atoms with Crippen LogP contribution in [0.1, 0.15) is 6.42 Å². The molecule has 0 saturated carbocycles. The Balaban J connectivity index is 2.32. The van der Waals surface area contributed by atoms with Crippen molar-refractivity contribution in [1.29, 1.82) is 0 Å². The number of anilines is 3. The van der Waals surface area contributed by atoms with Crippen LogP contribution in [-0.2, 0) is 9.59 Å². The fraction of sp³-hybridized carbons (Fsp3) is 0.333. The maximum absolute atomic E-state index is 11.7. The van der Waals surface area contributed by atoms with E-state index >= 15 is 0 Å². The first-order valence-electron chi connectivity index (χ1n) is 4.89. The Labute approximate surface area is 96.2 Å². The number of rotatable bonds is 2. The summed E-state index contributed by atoms with van der Waals surface area (Å²) >= 11 is 0. The third kappa shape index (κ3) is 1.84. The minimum Gasteiger partial charge on any atom is -0.481 e. The second-order valence-corrected chi connectivity index (χ2v) is 3.74. The van der Waals surface area contributed by atoms with Crippen molar-refractivity contribution in [2.45, 2.75) is 6.42 Å². The molecule has 1 unspecified atom stereocenters. The molecule has 0 bridgehead atoms. The van der Waals surface area contributed by atoms with Crippen LogP contribution in [0.15, 0.2) is 6.33 Å². The average molecular weight is 237 g/mol. The second-order valence-electron chi connectivity index (χ2n) is 3.74. The number of nitrogens with two attached hydrogens (primary N) is 2. The minimum atomic E-state index is -1.01. The first-order chi connectivity index (χ1) is 8.00. The van der Waals surface area contributed by atoms with E-state index in [1.807, 2.05) is 0 Å². The molecule has 8 heteroatoms. The zero-order chi connectivity index (χ0) is 12.6. The van der Waals surface area contributed by atoms with Gasteiger partial charge < -0.3 is 16.6 Å². The van der Waals surface area contributed by atoms with Gasteiger partial charge in [0.2, 0.25) is 5.91 Å². The summed E-state index contributed by atoms with van der Waals surface area (Å²) in [6.45, 7) is 0.0504. The number of hydrogen-bond donors (Lipinski definition) is 3. The van der Waals surface area contributed by atoms with Crippen LogP contribution >= 0.6 is 0 Å². The lowest BCUT2D eigenvalue weighted by molar-refractivity contribution is -0.141. The third-order valence-corrected chi connectivity index (χ3v) is 2.62. The van der Waals surface area contributed by atoms with Crippen LogP contribution < -0.4 is 16.4 Å². The Morgan fingerprint density at radius 1 is 1.47 bits per heavy atom. The third-order valence-electron chi connectivity index (χ3n) is 2.62. The summed E-state index contributed by atoms with van der Waals surface area (Å²) < 4.78 is 0. The fourth-order valence-corrected chi connectivity index (χ4v) is 1.69. The van der Waals surface area contributed by atoms with Crippen molar-refractivity contribution in [3.63, 3.8) is 0 Å². The molecule has 1 saturated heterocycles. The van der Waals surface area contributed by atoms with Gasteiger partial charge in [0, 0.05) is 13.0 Å². The van der Waals surface area contributed by atoms with Gasteiger partial charge in [0.25, 0.3) is 0 Å².